The number of hydrogen-bond donors (Lipinski definition) is 1. The minimum atomic E-state index is -0.909. The van der Waals surface area contributed by atoms with Gasteiger partial charge in [-0.3, -0.25) is 9.59 Å². The van der Waals surface area contributed by atoms with E-state index in [0.29, 0.717) is 18.7 Å². The summed E-state index contributed by atoms with van der Waals surface area (Å²) in [5, 5.41) is 8.58. The fourth-order valence-electron chi connectivity index (χ4n) is 1.34. The number of carbonyl (C=O) groups is 2. The molecule has 0 aliphatic rings. The third kappa shape index (κ3) is 3.76. The highest BCUT2D eigenvalue weighted by Crippen LogP contribution is 2.07. The summed E-state index contributed by atoms with van der Waals surface area (Å²) in [7, 11) is 0. The molecule has 0 radical (unpaired) electrons. The zero-order chi connectivity index (χ0) is 12.0. The first-order chi connectivity index (χ1) is 7.63. The molecule has 0 saturated carbocycles. The number of hydrogen-bond acceptors (Lipinski definition) is 3. The molecular weight excluding hydrogens is 210 g/mol. The van der Waals surface area contributed by atoms with Crippen molar-refractivity contribution in [3.05, 3.63) is 24.2 Å². The highest BCUT2D eigenvalue weighted by molar-refractivity contribution is 5.76. The van der Waals surface area contributed by atoms with Crippen LogP contribution in [0.2, 0.25) is 0 Å². The fourth-order valence-corrected chi connectivity index (χ4v) is 1.34. The van der Waals surface area contributed by atoms with Crippen LogP contribution in [-0.2, 0) is 16.1 Å². The second-order valence-corrected chi connectivity index (χ2v) is 3.39. The van der Waals surface area contributed by atoms with Crippen molar-refractivity contribution in [2.24, 2.45) is 0 Å². The number of rotatable bonds is 6. The Morgan fingerprint density at radius 3 is 2.75 bits per heavy atom. The molecular formula is C11H15NO4. The predicted molar refractivity (Wildman–Crippen MR) is 56.7 cm³/mol. The van der Waals surface area contributed by atoms with Gasteiger partial charge in [0.05, 0.1) is 19.2 Å². The van der Waals surface area contributed by atoms with Crippen LogP contribution in [0.1, 0.15) is 25.5 Å². The Labute approximate surface area is 93.7 Å². The van der Waals surface area contributed by atoms with Crippen LogP contribution in [-0.4, -0.2) is 28.4 Å². The van der Waals surface area contributed by atoms with Crippen LogP contribution >= 0.6 is 0 Å². The van der Waals surface area contributed by atoms with Crippen LogP contribution in [0.3, 0.4) is 0 Å². The largest absolute Gasteiger partial charge is 0.481 e. The van der Waals surface area contributed by atoms with Crippen molar-refractivity contribution >= 4 is 11.9 Å². The number of aliphatic carboxylic acids is 1. The number of carboxylic acids is 1. The van der Waals surface area contributed by atoms with Crippen molar-refractivity contribution in [3.8, 4) is 0 Å². The van der Waals surface area contributed by atoms with Gasteiger partial charge in [-0.1, -0.05) is 6.92 Å². The Kier molecular flexibility index (Phi) is 4.57. The topological polar surface area (TPSA) is 70.8 Å². The van der Waals surface area contributed by atoms with Crippen molar-refractivity contribution in [3.63, 3.8) is 0 Å². The van der Waals surface area contributed by atoms with E-state index in [1.165, 1.54) is 11.2 Å². The Hall–Kier alpha value is -1.78. The maximum absolute atomic E-state index is 11.5. The molecule has 1 heterocycles. The van der Waals surface area contributed by atoms with Gasteiger partial charge in [0.15, 0.2) is 0 Å². The van der Waals surface area contributed by atoms with Gasteiger partial charge in [-0.2, -0.15) is 0 Å². The molecule has 1 aromatic rings. The summed E-state index contributed by atoms with van der Waals surface area (Å²) in [4.78, 5) is 23.5. The number of furan rings is 1. The lowest BCUT2D eigenvalue weighted by molar-refractivity contribution is -0.138. The lowest BCUT2D eigenvalue weighted by Crippen LogP contribution is -2.31. The summed E-state index contributed by atoms with van der Waals surface area (Å²) in [5.74, 6) is -0.321. The fraction of sp³-hybridized carbons (Fsp3) is 0.455. The molecule has 0 spiro atoms. The minimum Gasteiger partial charge on any atom is -0.481 e. The van der Waals surface area contributed by atoms with E-state index in [2.05, 4.69) is 0 Å². The average Bonchev–Trinajstić information content (AvgIpc) is 2.75. The van der Waals surface area contributed by atoms with Crippen LogP contribution < -0.4 is 0 Å². The van der Waals surface area contributed by atoms with Crippen molar-refractivity contribution < 1.29 is 19.1 Å². The van der Waals surface area contributed by atoms with Crippen LogP contribution in [0.15, 0.2) is 22.8 Å². The van der Waals surface area contributed by atoms with Crippen molar-refractivity contribution in [1.29, 1.82) is 0 Å². The molecule has 16 heavy (non-hydrogen) atoms. The predicted octanol–water partition coefficient (Wildman–Crippen LogP) is 1.49. The Bertz CT molecular complexity index is 345. The van der Waals surface area contributed by atoms with Gasteiger partial charge >= 0.3 is 5.97 Å². The Morgan fingerprint density at radius 2 is 2.25 bits per heavy atom. The second-order valence-electron chi connectivity index (χ2n) is 3.39. The van der Waals surface area contributed by atoms with Crippen LogP contribution in [0.25, 0.3) is 0 Å². The lowest BCUT2D eigenvalue weighted by Gasteiger charge is -2.19. The monoisotopic (exact) mass is 225 g/mol. The van der Waals surface area contributed by atoms with E-state index >= 15 is 0 Å². The van der Waals surface area contributed by atoms with Crippen molar-refractivity contribution in [2.75, 3.05) is 6.54 Å². The highest BCUT2D eigenvalue weighted by atomic mass is 16.4. The summed E-state index contributed by atoms with van der Waals surface area (Å²) < 4.78 is 5.12. The van der Waals surface area contributed by atoms with Gasteiger partial charge in [0, 0.05) is 13.0 Å². The Balaban J connectivity index is 2.56. The average molecular weight is 225 g/mol. The van der Waals surface area contributed by atoms with Gasteiger partial charge in [-0.25, -0.2) is 0 Å². The molecule has 5 nitrogen and oxygen atoms in total. The zero-order valence-corrected chi connectivity index (χ0v) is 9.18. The minimum absolute atomic E-state index is 0.0492. The standard InChI is InChI=1S/C11H15NO4/c1-2-10(13)12(6-5-11(14)15)8-9-4-3-7-16-9/h3-4,7H,2,5-6,8H2,1H3,(H,14,15). The molecule has 0 unspecified atom stereocenters. The molecule has 1 aromatic heterocycles. The van der Waals surface area contributed by atoms with E-state index in [4.69, 9.17) is 9.52 Å². The first-order valence-electron chi connectivity index (χ1n) is 5.15. The number of carboxylic acid groups (broad SMARTS) is 1. The summed E-state index contributed by atoms with van der Waals surface area (Å²) in [6.07, 6.45) is 1.84. The molecule has 5 heteroatoms. The smallest absolute Gasteiger partial charge is 0.305 e. The molecule has 0 saturated heterocycles. The van der Waals surface area contributed by atoms with E-state index in [0.717, 1.165) is 0 Å². The molecule has 1 N–H and O–H groups in total. The van der Waals surface area contributed by atoms with Gasteiger partial charge in [-0.05, 0) is 12.1 Å². The quantitative estimate of drug-likeness (QED) is 0.796. The van der Waals surface area contributed by atoms with Gasteiger partial charge < -0.3 is 14.4 Å². The van der Waals surface area contributed by atoms with E-state index in [9.17, 15) is 9.59 Å². The summed E-state index contributed by atoms with van der Waals surface area (Å²) in [6, 6.07) is 3.50. The molecule has 0 atom stereocenters. The maximum atomic E-state index is 11.5. The second kappa shape index (κ2) is 5.95. The summed E-state index contributed by atoms with van der Waals surface area (Å²) in [5.41, 5.74) is 0. The van der Waals surface area contributed by atoms with Crippen molar-refractivity contribution in [1.82, 2.24) is 4.90 Å². The third-order valence-corrected chi connectivity index (χ3v) is 2.18. The van der Waals surface area contributed by atoms with Crippen LogP contribution in [0.4, 0.5) is 0 Å². The van der Waals surface area contributed by atoms with Crippen LogP contribution in [0.5, 0.6) is 0 Å². The summed E-state index contributed by atoms with van der Waals surface area (Å²) in [6.45, 7) is 2.29. The molecule has 0 aliphatic carbocycles. The third-order valence-electron chi connectivity index (χ3n) is 2.18. The van der Waals surface area contributed by atoms with E-state index in [1.54, 1.807) is 19.1 Å². The molecule has 0 bridgehead atoms. The first-order valence-corrected chi connectivity index (χ1v) is 5.15. The lowest BCUT2D eigenvalue weighted by atomic mass is 10.3. The first kappa shape index (κ1) is 12.3. The molecule has 0 fully saturated rings. The maximum Gasteiger partial charge on any atom is 0.305 e. The van der Waals surface area contributed by atoms with Gasteiger partial charge in [0.2, 0.25) is 5.91 Å². The summed E-state index contributed by atoms with van der Waals surface area (Å²) >= 11 is 0. The molecule has 88 valence electrons. The van der Waals surface area contributed by atoms with E-state index < -0.39 is 5.97 Å². The highest BCUT2D eigenvalue weighted by Gasteiger charge is 2.14. The number of amides is 1. The Morgan fingerprint density at radius 1 is 1.50 bits per heavy atom. The van der Waals surface area contributed by atoms with Crippen LogP contribution in [0, 0.1) is 0 Å². The van der Waals surface area contributed by atoms with Gasteiger partial charge in [0.1, 0.15) is 5.76 Å². The molecule has 0 aromatic carbocycles. The number of carbonyl (C=O) groups excluding carboxylic acids is 1. The molecule has 0 aliphatic heterocycles. The van der Waals surface area contributed by atoms with E-state index in [-0.39, 0.29) is 18.9 Å². The molecule has 1 amide bonds. The van der Waals surface area contributed by atoms with E-state index in [1.807, 2.05) is 0 Å². The van der Waals surface area contributed by atoms with Gasteiger partial charge in [-0.15, -0.1) is 0 Å². The SMILES string of the molecule is CCC(=O)N(CCC(=O)O)Cc1ccco1. The number of nitrogens with zero attached hydrogens (tertiary/aromatic N) is 1. The zero-order valence-electron chi connectivity index (χ0n) is 9.18. The normalized spacial score (nSPS) is 10.1. The van der Waals surface area contributed by atoms with Gasteiger partial charge in [0.25, 0.3) is 0 Å². The van der Waals surface area contributed by atoms with Crippen molar-refractivity contribution in [2.45, 2.75) is 26.3 Å². The molecule has 1 rings (SSSR count).